The summed E-state index contributed by atoms with van der Waals surface area (Å²) in [6.07, 6.45) is 1.01. The van der Waals surface area contributed by atoms with Crippen molar-refractivity contribution >= 4 is 0 Å². The summed E-state index contributed by atoms with van der Waals surface area (Å²) in [6.45, 7) is 2.10. The maximum atomic E-state index is 13.6. The Bertz CT molecular complexity index is 470. The van der Waals surface area contributed by atoms with Gasteiger partial charge in [-0.1, -0.05) is 13.0 Å². The van der Waals surface area contributed by atoms with Crippen LogP contribution in [0.2, 0.25) is 0 Å². The first-order valence-electron chi connectivity index (χ1n) is 6.57. The number of nitrogens with two attached hydrogens (primary N) is 1. The van der Waals surface area contributed by atoms with Crippen LogP contribution in [0.1, 0.15) is 18.9 Å². The molecule has 1 unspecified atom stereocenters. The highest BCUT2D eigenvalue weighted by Gasteiger charge is 2.32. The van der Waals surface area contributed by atoms with Crippen molar-refractivity contribution in [2.24, 2.45) is 11.1 Å². The molecule has 2 rings (SSSR count). The van der Waals surface area contributed by atoms with Gasteiger partial charge in [0.25, 0.3) is 0 Å². The number of benzene rings is 1. The summed E-state index contributed by atoms with van der Waals surface area (Å²) < 4.78 is 41.8. The number of hydrogen-bond donors (Lipinski definition) is 1. The van der Waals surface area contributed by atoms with E-state index in [1.54, 1.807) is 6.07 Å². The minimum atomic E-state index is -3.01. The topological polar surface area (TPSA) is 38.5 Å². The van der Waals surface area contributed by atoms with E-state index in [0.29, 0.717) is 13.1 Å². The van der Waals surface area contributed by atoms with Gasteiger partial charge in [-0.2, -0.15) is 8.78 Å². The lowest BCUT2D eigenvalue weighted by molar-refractivity contribution is -0.0522. The van der Waals surface area contributed by atoms with Crippen LogP contribution < -0.4 is 10.5 Å². The quantitative estimate of drug-likeness (QED) is 0.905. The van der Waals surface area contributed by atoms with Crippen LogP contribution in [0, 0.1) is 11.2 Å². The first-order valence-corrected chi connectivity index (χ1v) is 6.57. The minimum Gasteiger partial charge on any atom is -0.432 e. The van der Waals surface area contributed by atoms with Crippen molar-refractivity contribution in [2.75, 3.05) is 19.6 Å². The summed E-state index contributed by atoms with van der Waals surface area (Å²) in [4.78, 5) is 2.19. The molecule has 20 heavy (non-hydrogen) atoms. The fourth-order valence-electron chi connectivity index (χ4n) is 2.52. The lowest BCUT2D eigenvalue weighted by Crippen LogP contribution is -2.31. The second-order valence-electron chi connectivity index (χ2n) is 5.62. The van der Waals surface area contributed by atoms with Gasteiger partial charge in [0.2, 0.25) is 0 Å². The molecule has 1 atom stereocenters. The van der Waals surface area contributed by atoms with Crippen molar-refractivity contribution < 1.29 is 17.9 Å². The molecule has 1 aliphatic rings. The van der Waals surface area contributed by atoms with Gasteiger partial charge in [0, 0.05) is 13.1 Å². The van der Waals surface area contributed by atoms with E-state index in [9.17, 15) is 13.2 Å². The molecule has 0 aromatic heterocycles. The zero-order chi connectivity index (χ0) is 14.8. The number of likely N-dealkylation sites (tertiary alicyclic amines) is 1. The van der Waals surface area contributed by atoms with Gasteiger partial charge in [-0.05, 0) is 42.6 Å². The van der Waals surface area contributed by atoms with E-state index < -0.39 is 18.2 Å². The van der Waals surface area contributed by atoms with Crippen LogP contribution in [0.4, 0.5) is 13.2 Å². The van der Waals surface area contributed by atoms with Crippen LogP contribution in [0.15, 0.2) is 18.2 Å². The highest BCUT2D eigenvalue weighted by molar-refractivity contribution is 5.29. The maximum Gasteiger partial charge on any atom is 0.387 e. The van der Waals surface area contributed by atoms with Crippen LogP contribution in [0.25, 0.3) is 0 Å². The molecule has 0 bridgehead atoms. The predicted octanol–water partition coefficient (Wildman–Crippen LogP) is 2.60. The minimum absolute atomic E-state index is 0.108. The van der Waals surface area contributed by atoms with Crippen molar-refractivity contribution in [1.29, 1.82) is 0 Å². The lowest BCUT2D eigenvalue weighted by atomic mass is 9.90. The van der Waals surface area contributed by atoms with Gasteiger partial charge in [-0.3, -0.25) is 4.90 Å². The Morgan fingerprint density at radius 1 is 1.45 bits per heavy atom. The molecular formula is C14H19F3N2O. The summed E-state index contributed by atoms with van der Waals surface area (Å²) in [5, 5.41) is 0. The summed E-state index contributed by atoms with van der Waals surface area (Å²) in [7, 11) is 0. The Hall–Kier alpha value is -1.27. The standard InChI is InChI=1S/C14H19F3N2O/c1-14(8-18)4-5-19(9-14)7-10-2-3-12(11(15)6-10)20-13(16)17/h2-3,6,13H,4-5,7-9,18H2,1H3. The number of halogens is 3. The molecule has 0 radical (unpaired) electrons. The number of ether oxygens (including phenoxy) is 1. The van der Waals surface area contributed by atoms with Crippen molar-refractivity contribution in [2.45, 2.75) is 26.5 Å². The molecule has 1 heterocycles. The SMILES string of the molecule is CC1(CN)CCN(Cc2ccc(OC(F)F)c(F)c2)C1. The predicted molar refractivity (Wildman–Crippen MR) is 70.1 cm³/mol. The molecule has 6 heteroatoms. The van der Waals surface area contributed by atoms with E-state index in [2.05, 4.69) is 16.6 Å². The zero-order valence-electron chi connectivity index (χ0n) is 11.4. The fraction of sp³-hybridized carbons (Fsp3) is 0.571. The van der Waals surface area contributed by atoms with Crippen LogP contribution in [0.5, 0.6) is 5.75 Å². The highest BCUT2D eigenvalue weighted by atomic mass is 19.3. The van der Waals surface area contributed by atoms with E-state index in [0.717, 1.165) is 25.1 Å². The van der Waals surface area contributed by atoms with Gasteiger partial charge >= 0.3 is 6.61 Å². The molecule has 1 saturated heterocycles. The Kier molecular flexibility index (Phi) is 4.55. The molecule has 1 aliphatic heterocycles. The summed E-state index contributed by atoms with van der Waals surface area (Å²) >= 11 is 0. The number of alkyl halides is 2. The lowest BCUT2D eigenvalue weighted by Gasteiger charge is -2.22. The van der Waals surface area contributed by atoms with Gasteiger partial charge in [-0.25, -0.2) is 4.39 Å². The van der Waals surface area contributed by atoms with Crippen molar-refractivity contribution in [3.05, 3.63) is 29.6 Å². The molecular weight excluding hydrogens is 269 g/mol. The van der Waals surface area contributed by atoms with E-state index in [4.69, 9.17) is 5.73 Å². The Morgan fingerprint density at radius 2 is 2.20 bits per heavy atom. The third-order valence-electron chi connectivity index (χ3n) is 3.75. The largest absolute Gasteiger partial charge is 0.432 e. The van der Waals surface area contributed by atoms with Gasteiger partial charge in [0.1, 0.15) is 0 Å². The number of nitrogens with zero attached hydrogens (tertiary/aromatic N) is 1. The molecule has 0 spiro atoms. The fourth-order valence-corrected chi connectivity index (χ4v) is 2.52. The summed E-state index contributed by atoms with van der Waals surface area (Å²) in [6, 6.07) is 4.10. The molecule has 1 aromatic rings. The van der Waals surface area contributed by atoms with E-state index in [1.807, 2.05) is 0 Å². The molecule has 2 N–H and O–H groups in total. The number of rotatable bonds is 5. The third kappa shape index (κ3) is 3.64. The summed E-state index contributed by atoms with van der Waals surface area (Å²) in [5.74, 6) is -1.18. The highest BCUT2D eigenvalue weighted by Crippen LogP contribution is 2.30. The van der Waals surface area contributed by atoms with Crippen molar-refractivity contribution in [3.63, 3.8) is 0 Å². The zero-order valence-corrected chi connectivity index (χ0v) is 11.4. The van der Waals surface area contributed by atoms with Crippen LogP contribution in [-0.2, 0) is 6.54 Å². The number of hydrogen-bond acceptors (Lipinski definition) is 3. The van der Waals surface area contributed by atoms with E-state index in [1.165, 1.54) is 12.1 Å². The third-order valence-corrected chi connectivity index (χ3v) is 3.75. The molecule has 0 aliphatic carbocycles. The second kappa shape index (κ2) is 6.01. The van der Waals surface area contributed by atoms with Gasteiger partial charge in [0.15, 0.2) is 11.6 Å². The van der Waals surface area contributed by atoms with E-state index >= 15 is 0 Å². The molecule has 1 aromatic carbocycles. The summed E-state index contributed by atoms with van der Waals surface area (Å²) in [5.41, 5.74) is 6.59. The Labute approximate surface area is 116 Å². The Morgan fingerprint density at radius 3 is 2.75 bits per heavy atom. The van der Waals surface area contributed by atoms with Crippen molar-refractivity contribution in [3.8, 4) is 5.75 Å². The van der Waals surface area contributed by atoms with Crippen molar-refractivity contribution in [1.82, 2.24) is 4.90 Å². The van der Waals surface area contributed by atoms with Gasteiger partial charge in [0.05, 0.1) is 0 Å². The molecule has 1 fully saturated rings. The van der Waals surface area contributed by atoms with E-state index in [-0.39, 0.29) is 5.41 Å². The molecule has 3 nitrogen and oxygen atoms in total. The molecule has 0 amide bonds. The normalized spacial score (nSPS) is 23.5. The van der Waals surface area contributed by atoms with Gasteiger partial charge in [-0.15, -0.1) is 0 Å². The molecule has 0 saturated carbocycles. The molecule has 112 valence electrons. The first-order chi connectivity index (χ1) is 9.42. The van der Waals surface area contributed by atoms with Crippen LogP contribution >= 0.6 is 0 Å². The Balaban J connectivity index is 1.99. The average Bonchev–Trinajstić information content (AvgIpc) is 2.75. The van der Waals surface area contributed by atoms with Gasteiger partial charge < -0.3 is 10.5 Å². The van der Waals surface area contributed by atoms with Crippen LogP contribution in [-0.4, -0.2) is 31.1 Å². The second-order valence-corrected chi connectivity index (χ2v) is 5.62. The smallest absolute Gasteiger partial charge is 0.387 e. The first kappa shape index (κ1) is 15.1. The van der Waals surface area contributed by atoms with Crippen LogP contribution in [0.3, 0.4) is 0 Å². The monoisotopic (exact) mass is 288 g/mol. The maximum absolute atomic E-state index is 13.6. The average molecular weight is 288 g/mol.